The van der Waals surface area contributed by atoms with Crippen LogP contribution in [-0.2, 0) is 19.1 Å². The van der Waals surface area contributed by atoms with Crippen molar-refractivity contribution in [1.29, 1.82) is 0 Å². The van der Waals surface area contributed by atoms with Crippen LogP contribution in [0, 0.1) is 5.92 Å². The van der Waals surface area contributed by atoms with E-state index < -0.39 is 12.0 Å². The summed E-state index contributed by atoms with van der Waals surface area (Å²) in [6, 6.07) is -0.626. The first-order valence-electron chi connectivity index (χ1n) is 5.73. The van der Waals surface area contributed by atoms with Gasteiger partial charge in [-0.25, -0.2) is 4.79 Å². The first-order chi connectivity index (χ1) is 7.86. The van der Waals surface area contributed by atoms with Crippen molar-refractivity contribution in [2.75, 3.05) is 7.11 Å². The molecule has 0 rings (SSSR count). The van der Waals surface area contributed by atoms with Crippen LogP contribution in [0.15, 0.2) is 0 Å². The van der Waals surface area contributed by atoms with Gasteiger partial charge in [0.1, 0.15) is 11.8 Å². The van der Waals surface area contributed by atoms with Crippen molar-refractivity contribution in [2.45, 2.75) is 46.1 Å². The minimum Gasteiger partial charge on any atom is -0.467 e. The van der Waals surface area contributed by atoms with Gasteiger partial charge in [-0.05, 0) is 19.3 Å². The van der Waals surface area contributed by atoms with E-state index in [9.17, 15) is 14.4 Å². The zero-order valence-electron chi connectivity index (χ0n) is 10.9. The Morgan fingerprint density at radius 1 is 1.18 bits per heavy atom. The number of carbonyl (C=O) groups is 3. The largest absolute Gasteiger partial charge is 0.467 e. The molecular formula is C12H21NO4. The molecule has 0 aromatic rings. The molecule has 0 aliphatic heterocycles. The van der Waals surface area contributed by atoms with Crippen LogP contribution in [0.4, 0.5) is 0 Å². The third-order valence-electron chi connectivity index (χ3n) is 2.23. The molecule has 98 valence electrons. The van der Waals surface area contributed by atoms with Gasteiger partial charge in [-0.15, -0.1) is 0 Å². The molecule has 1 amide bonds. The molecule has 0 radical (unpaired) electrons. The number of carbonyl (C=O) groups excluding carboxylic acids is 3. The fraction of sp³-hybridized carbons (Fsp3) is 0.750. The van der Waals surface area contributed by atoms with Crippen molar-refractivity contribution in [3.8, 4) is 0 Å². The van der Waals surface area contributed by atoms with E-state index in [1.807, 2.05) is 13.8 Å². The first-order valence-corrected chi connectivity index (χ1v) is 5.73. The van der Waals surface area contributed by atoms with Gasteiger partial charge in [0, 0.05) is 12.8 Å². The third-order valence-corrected chi connectivity index (χ3v) is 2.23. The van der Waals surface area contributed by atoms with Crippen molar-refractivity contribution in [1.82, 2.24) is 5.32 Å². The second-order valence-corrected chi connectivity index (χ2v) is 4.47. The number of methoxy groups -OCH3 is 1. The Bertz CT molecular complexity index is 286. The second-order valence-electron chi connectivity index (χ2n) is 4.47. The van der Waals surface area contributed by atoms with Crippen LogP contribution in [-0.4, -0.2) is 30.8 Å². The summed E-state index contributed by atoms with van der Waals surface area (Å²) in [5.74, 6) is -0.517. The first kappa shape index (κ1) is 15.6. The minimum atomic E-state index is -0.626. The van der Waals surface area contributed by atoms with Crippen LogP contribution >= 0.6 is 0 Å². The van der Waals surface area contributed by atoms with Crippen LogP contribution < -0.4 is 5.32 Å². The summed E-state index contributed by atoms with van der Waals surface area (Å²) in [4.78, 5) is 33.6. The molecule has 0 spiro atoms. The van der Waals surface area contributed by atoms with Crippen LogP contribution in [0.2, 0.25) is 0 Å². The third kappa shape index (κ3) is 7.49. The normalized spacial score (nSPS) is 12.1. The van der Waals surface area contributed by atoms with E-state index in [0.717, 1.165) is 0 Å². The number of rotatable bonds is 7. The van der Waals surface area contributed by atoms with Gasteiger partial charge in [-0.2, -0.15) is 0 Å². The van der Waals surface area contributed by atoms with Crippen LogP contribution in [0.5, 0.6) is 0 Å². The minimum absolute atomic E-state index is 0.0429. The predicted octanol–water partition coefficient (Wildman–Crippen LogP) is 1.06. The van der Waals surface area contributed by atoms with Crippen LogP contribution in [0.3, 0.4) is 0 Å². The van der Waals surface area contributed by atoms with Crippen molar-refractivity contribution < 1.29 is 19.1 Å². The van der Waals surface area contributed by atoms with E-state index in [1.165, 1.54) is 14.0 Å². The molecule has 0 saturated heterocycles. The summed E-state index contributed by atoms with van der Waals surface area (Å²) < 4.78 is 4.62. The number of Topliss-reactive ketones (excluding diaryl/α,β-unsaturated/α-hetero) is 1. The summed E-state index contributed by atoms with van der Waals surface area (Å²) in [5.41, 5.74) is 0. The molecule has 0 aliphatic carbocycles. The Labute approximate surface area is 102 Å². The maximum absolute atomic E-state index is 11.5. The molecular weight excluding hydrogens is 222 g/mol. The highest BCUT2D eigenvalue weighted by molar-refractivity contribution is 5.87. The summed E-state index contributed by atoms with van der Waals surface area (Å²) >= 11 is 0. The number of amides is 1. The van der Waals surface area contributed by atoms with E-state index in [-0.39, 0.29) is 30.4 Å². The van der Waals surface area contributed by atoms with Gasteiger partial charge in [-0.3, -0.25) is 4.79 Å². The van der Waals surface area contributed by atoms with E-state index in [2.05, 4.69) is 10.1 Å². The highest BCUT2D eigenvalue weighted by Crippen LogP contribution is 2.06. The van der Waals surface area contributed by atoms with Gasteiger partial charge in [0.05, 0.1) is 7.11 Å². The van der Waals surface area contributed by atoms with E-state index >= 15 is 0 Å². The van der Waals surface area contributed by atoms with Crippen molar-refractivity contribution in [3.05, 3.63) is 0 Å². The molecule has 0 aliphatic rings. The van der Waals surface area contributed by atoms with Gasteiger partial charge in [0.15, 0.2) is 0 Å². The Morgan fingerprint density at radius 2 is 1.76 bits per heavy atom. The van der Waals surface area contributed by atoms with Crippen molar-refractivity contribution in [2.24, 2.45) is 5.92 Å². The van der Waals surface area contributed by atoms with E-state index in [0.29, 0.717) is 6.42 Å². The fourth-order valence-corrected chi connectivity index (χ4v) is 1.38. The topological polar surface area (TPSA) is 72.5 Å². The quantitative estimate of drug-likeness (QED) is 0.679. The highest BCUT2D eigenvalue weighted by Gasteiger charge is 2.22. The molecule has 0 aromatic heterocycles. The molecule has 1 N–H and O–H groups in total. The lowest BCUT2D eigenvalue weighted by molar-refractivity contribution is -0.145. The smallest absolute Gasteiger partial charge is 0.328 e. The van der Waals surface area contributed by atoms with Gasteiger partial charge < -0.3 is 14.8 Å². The van der Waals surface area contributed by atoms with Gasteiger partial charge in [0.2, 0.25) is 5.91 Å². The molecule has 0 heterocycles. The van der Waals surface area contributed by atoms with Gasteiger partial charge >= 0.3 is 5.97 Å². The second kappa shape index (κ2) is 7.81. The molecule has 17 heavy (non-hydrogen) atoms. The number of ether oxygens (including phenoxy) is 1. The van der Waals surface area contributed by atoms with Crippen molar-refractivity contribution >= 4 is 17.7 Å². The molecule has 1 atom stereocenters. The zero-order chi connectivity index (χ0) is 13.4. The molecule has 5 nitrogen and oxygen atoms in total. The SMILES string of the molecule is COC(=O)[C@H](CC(C)C)NC(=O)CCC(C)=O. The van der Waals surface area contributed by atoms with E-state index in [4.69, 9.17) is 0 Å². The average molecular weight is 243 g/mol. The van der Waals surface area contributed by atoms with Gasteiger partial charge in [-0.1, -0.05) is 13.8 Å². The van der Waals surface area contributed by atoms with Gasteiger partial charge in [0.25, 0.3) is 0 Å². The van der Waals surface area contributed by atoms with Crippen molar-refractivity contribution in [3.63, 3.8) is 0 Å². The molecule has 0 unspecified atom stereocenters. The lowest BCUT2D eigenvalue weighted by Gasteiger charge is -2.18. The predicted molar refractivity (Wildman–Crippen MR) is 63.3 cm³/mol. The highest BCUT2D eigenvalue weighted by atomic mass is 16.5. The Morgan fingerprint density at radius 3 is 2.18 bits per heavy atom. The number of hydrogen-bond acceptors (Lipinski definition) is 4. The Balaban J connectivity index is 4.27. The maximum atomic E-state index is 11.5. The summed E-state index contributed by atoms with van der Waals surface area (Å²) in [6.45, 7) is 5.34. The monoisotopic (exact) mass is 243 g/mol. The number of nitrogens with one attached hydrogen (secondary N) is 1. The number of esters is 1. The molecule has 0 fully saturated rings. The maximum Gasteiger partial charge on any atom is 0.328 e. The molecule has 0 aromatic carbocycles. The molecule has 0 saturated carbocycles. The molecule has 5 heteroatoms. The van der Waals surface area contributed by atoms with Crippen LogP contribution in [0.1, 0.15) is 40.0 Å². The average Bonchev–Trinajstić information content (AvgIpc) is 2.23. The summed E-state index contributed by atoms with van der Waals surface area (Å²) in [5, 5.41) is 2.59. The number of ketones is 1. The number of hydrogen-bond donors (Lipinski definition) is 1. The Kier molecular flexibility index (Phi) is 7.18. The van der Waals surface area contributed by atoms with Crippen LogP contribution in [0.25, 0.3) is 0 Å². The lowest BCUT2D eigenvalue weighted by atomic mass is 10.0. The lowest BCUT2D eigenvalue weighted by Crippen LogP contribution is -2.42. The summed E-state index contributed by atoms with van der Waals surface area (Å²) in [6.07, 6.45) is 0.834. The Hall–Kier alpha value is -1.39. The fourth-order valence-electron chi connectivity index (χ4n) is 1.38. The summed E-state index contributed by atoms with van der Waals surface area (Å²) in [7, 11) is 1.29. The zero-order valence-corrected chi connectivity index (χ0v) is 10.9. The molecule has 0 bridgehead atoms. The standard InChI is InChI=1S/C12H21NO4/c1-8(2)7-10(12(16)17-4)13-11(15)6-5-9(3)14/h8,10H,5-7H2,1-4H3,(H,13,15)/t10-/m0/s1. The van der Waals surface area contributed by atoms with E-state index in [1.54, 1.807) is 0 Å².